The van der Waals surface area contributed by atoms with Gasteiger partial charge in [-0.2, -0.15) is 0 Å². The van der Waals surface area contributed by atoms with E-state index in [0.29, 0.717) is 44.8 Å². The number of hydrogen-bond donors (Lipinski definition) is 3. The quantitative estimate of drug-likeness (QED) is 0.0561. The first-order valence-corrected chi connectivity index (χ1v) is 20.0. The van der Waals surface area contributed by atoms with Gasteiger partial charge in [0.05, 0.1) is 9.82 Å². The molecule has 0 aliphatic carbocycles. The first-order chi connectivity index (χ1) is 25.2. The molecule has 1 heterocycles. The van der Waals surface area contributed by atoms with Crippen LogP contribution in [-0.4, -0.2) is 73.7 Å². The molecule has 0 spiro atoms. The van der Waals surface area contributed by atoms with Gasteiger partial charge in [0.25, 0.3) is 21.6 Å². The Labute approximate surface area is 315 Å². The minimum atomic E-state index is -4.41. The summed E-state index contributed by atoms with van der Waals surface area (Å²) in [6, 6.07) is 19.7. The minimum absolute atomic E-state index is 0.0922. The van der Waals surface area contributed by atoms with Crippen LogP contribution in [0, 0.1) is 10.1 Å². The van der Waals surface area contributed by atoms with Crippen molar-refractivity contribution < 1.29 is 32.5 Å². The molecule has 0 fully saturated rings. The van der Waals surface area contributed by atoms with Crippen molar-refractivity contribution in [2.75, 3.05) is 37.2 Å². The average Bonchev–Trinajstić information content (AvgIpc) is 3.12. The van der Waals surface area contributed by atoms with Gasteiger partial charge in [-0.15, -0.1) is 11.8 Å². The van der Waals surface area contributed by atoms with E-state index in [9.17, 15) is 32.9 Å². The number of nitro groups is 1. The molecular weight excluding hydrogens is 719 g/mol. The van der Waals surface area contributed by atoms with Gasteiger partial charge in [-0.05, 0) is 87.6 Å². The van der Waals surface area contributed by atoms with E-state index in [4.69, 9.17) is 4.74 Å². The summed E-state index contributed by atoms with van der Waals surface area (Å²) in [6.07, 6.45) is 6.02. The van der Waals surface area contributed by atoms with Crippen molar-refractivity contribution in [3.05, 3.63) is 100 Å². The van der Waals surface area contributed by atoms with Gasteiger partial charge >= 0.3 is 6.09 Å². The van der Waals surface area contributed by atoms with Gasteiger partial charge in [0.2, 0.25) is 5.91 Å². The molecule has 4 rings (SSSR count). The second-order valence-electron chi connectivity index (χ2n) is 13.4. The number of nitrogens with zero attached hydrogens (tertiary/aromatic N) is 2. The fourth-order valence-electron chi connectivity index (χ4n) is 5.50. The van der Waals surface area contributed by atoms with Crippen LogP contribution in [0.5, 0.6) is 0 Å². The second kappa shape index (κ2) is 19.3. The molecular formula is C38H47N5O8S2. The van der Waals surface area contributed by atoms with Gasteiger partial charge in [-0.1, -0.05) is 49.2 Å². The van der Waals surface area contributed by atoms with Crippen molar-refractivity contribution in [2.45, 2.75) is 74.7 Å². The molecule has 3 aromatic carbocycles. The number of anilines is 1. The number of nitrogens with one attached hydrogen (secondary N) is 3. The van der Waals surface area contributed by atoms with Crippen molar-refractivity contribution in [1.82, 2.24) is 14.9 Å². The van der Waals surface area contributed by atoms with E-state index in [1.807, 2.05) is 66.8 Å². The van der Waals surface area contributed by atoms with Crippen molar-refractivity contribution in [2.24, 2.45) is 0 Å². The zero-order valence-electron chi connectivity index (χ0n) is 30.3. The Morgan fingerprint density at radius 2 is 1.66 bits per heavy atom. The van der Waals surface area contributed by atoms with E-state index in [1.165, 1.54) is 24.3 Å². The number of thioether (sulfide) groups is 1. The van der Waals surface area contributed by atoms with Gasteiger partial charge in [0.15, 0.2) is 0 Å². The summed E-state index contributed by atoms with van der Waals surface area (Å²) >= 11 is 1.58. The van der Waals surface area contributed by atoms with Gasteiger partial charge in [0.1, 0.15) is 11.3 Å². The number of amides is 3. The topological polar surface area (TPSA) is 177 Å². The maximum Gasteiger partial charge on any atom is 0.407 e. The minimum Gasteiger partial charge on any atom is -0.444 e. The molecule has 3 N–H and O–H groups in total. The van der Waals surface area contributed by atoms with E-state index in [0.717, 1.165) is 47.8 Å². The number of unbranched alkanes of at least 4 members (excludes halogenated alkanes) is 3. The molecule has 0 saturated carbocycles. The molecule has 3 amide bonds. The Bertz CT molecular complexity index is 1880. The Kier molecular flexibility index (Phi) is 14.9. The number of carbonyl (C=O) groups excluding carboxylic acids is 3. The predicted molar refractivity (Wildman–Crippen MR) is 206 cm³/mol. The summed E-state index contributed by atoms with van der Waals surface area (Å²) in [5.74, 6) is -0.144. The molecule has 0 radical (unpaired) electrons. The maximum atomic E-state index is 13.1. The van der Waals surface area contributed by atoms with Gasteiger partial charge in [-0.3, -0.25) is 19.7 Å². The highest BCUT2D eigenvalue weighted by atomic mass is 32.2. The van der Waals surface area contributed by atoms with E-state index >= 15 is 0 Å². The van der Waals surface area contributed by atoms with Crippen molar-refractivity contribution in [3.63, 3.8) is 0 Å². The standard InChI is InChI=1S/C38H47N5O8S2/c1-38(2,3)51-37(46)40-22-10-5-4-9-13-35(44)42-24-20-29(21-25-42)28-14-16-30(17-15-28)36(45)41-53(49,50)32-18-19-33(34(27-32)43(47)48)39-23-26-52-31-11-7-6-8-12-31/h6-8,11-12,14-20,27,39H,4-5,9-10,13,21-26H2,1-3H3,(H,40,46)(H,41,45). The smallest absolute Gasteiger partial charge is 0.407 e. The lowest BCUT2D eigenvalue weighted by Crippen LogP contribution is -2.34. The summed E-state index contributed by atoms with van der Waals surface area (Å²) in [6.45, 7) is 7.43. The number of nitro benzene ring substituents is 1. The lowest BCUT2D eigenvalue weighted by Gasteiger charge is -2.27. The van der Waals surface area contributed by atoms with Crippen molar-refractivity contribution in [3.8, 4) is 0 Å². The van der Waals surface area contributed by atoms with Crippen LogP contribution in [0.1, 0.15) is 75.2 Å². The Morgan fingerprint density at radius 3 is 2.32 bits per heavy atom. The van der Waals surface area contributed by atoms with E-state index in [2.05, 4.69) is 10.6 Å². The average molecular weight is 766 g/mol. The zero-order valence-corrected chi connectivity index (χ0v) is 31.9. The number of alkyl carbamates (subject to hydrolysis) is 1. The van der Waals surface area contributed by atoms with Gasteiger partial charge in [0, 0.05) is 54.9 Å². The number of carbonyl (C=O) groups is 3. The highest BCUT2D eigenvalue weighted by molar-refractivity contribution is 7.99. The molecule has 15 heteroatoms. The second-order valence-corrected chi connectivity index (χ2v) is 16.3. The van der Waals surface area contributed by atoms with Crippen LogP contribution in [0.4, 0.5) is 16.2 Å². The van der Waals surface area contributed by atoms with Crippen molar-refractivity contribution in [1.29, 1.82) is 0 Å². The Balaban J connectivity index is 1.22. The molecule has 13 nitrogen and oxygen atoms in total. The van der Waals surface area contributed by atoms with Gasteiger partial charge in [-0.25, -0.2) is 17.9 Å². The Morgan fingerprint density at radius 1 is 0.943 bits per heavy atom. The molecule has 53 heavy (non-hydrogen) atoms. The van der Waals surface area contributed by atoms with E-state index < -0.39 is 43.1 Å². The maximum absolute atomic E-state index is 13.1. The first kappa shape index (κ1) is 40.9. The summed E-state index contributed by atoms with van der Waals surface area (Å²) in [5.41, 5.74) is 1.21. The molecule has 0 bridgehead atoms. The Hall–Kier alpha value is -4.89. The molecule has 0 atom stereocenters. The zero-order chi connectivity index (χ0) is 38.4. The molecule has 0 saturated heterocycles. The third-order valence-corrected chi connectivity index (χ3v) is 10.5. The fourth-order valence-corrected chi connectivity index (χ4v) is 7.28. The lowest BCUT2D eigenvalue weighted by molar-refractivity contribution is -0.384. The number of rotatable bonds is 17. The summed E-state index contributed by atoms with van der Waals surface area (Å²) < 4.78 is 33.4. The third kappa shape index (κ3) is 13.2. The number of benzene rings is 3. The van der Waals surface area contributed by atoms with Crippen LogP contribution >= 0.6 is 11.8 Å². The predicted octanol–water partition coefficient (Wildman–Crippen LogP) is 7.01. The van der Waals surface area contributed by atoms with Crippen LogP contribution in [0.15, 0.2) is 88.7 Å². The largest absolute Gasteiger partial charge is 0.444 e. The molecule has 1 aliphatic heterocycles. The first-order valence-electron chi connectivity index (χ1n) is 17.5. The number of hydrogen-bond acceptors (Lipinski definition) is 10. The molecule has 0 aromatic heterocycles. The lowest BCUT2D eigenvalue weighted by atomic mass is 9.98. The highest BCUT2D eigenvalue weighted by Crippen LogP contribution is 2.29. The summed E-state index contributed by atoms with van der Waals surface area (Å²) in [5, 5.41) is 17.5. The SMILES string of the molecule is CC(C)(C)OC(=O)NCCCCCCC(=O)N1CC=C(c2ccc(C(=O)NS(=O)(=O)c3ccc(NCCSc4ccccc4)c([N+](=O)[O-])c3)cc2)CC1. The van der Waals surface area contributed by atoms with Crippen LogP contribution in [0.2, 0.25) is 0 Å². The van der Waals surface area contributed by atoms with E-state index in [-0.39, 0.29) is 17.2 Å². The third-order valence-electron chi connectivity index (χ3n) is 8.20. The normalized spacial score (nSPS) is 13.1. The van der Waals surface area contributed by atoms with Crippen LogP contribution in [0.3, 0.4) is 0 Å². The molecule has 1 aliphatic rings. The fraction of sp³-hybridized carbons (Fsp3) is 0.395. The van der Waals surface area contributed by atoms with Crippen LogP contribution in [-0.2, 0) is 19.6 Å². The highest BCUT2D eigenvalue weighted by Gasteiger charge is 2.24. The number of ether oxygens (including phenoxy) is 1. The van der Waals surface area contributed by atoms with Crippen LogP contribution in [0.25, 0.3) is 5.57 Å². The molecule has 3 aromatic rings. The van der Waals surface area contributed by atoms with Crippen LogP contribution < -0.4 is 15.4 Å². The van der Waals surface area contributed by atoms with Gasteiger partial charge < -0.3 is 20.3 Å². The summed E-state index contributed by atoms with van der Waals surface area (Å²) in [7, 11) is -4.41. The molecule has 0 unspecified atom stereocenters. The number of sulfonamides is 1. The van der Waals surface area contributed by atoms with E-state index in [1.54, 1.807) is 23.9 Å². The molecule has 284 valence electrons. The van der Waals surface area contributed by atoms with Crippen molar-refractivity contribution >= 4 is 56.6 Å². The summed E-state index contributed by atoms with van der Waals surface area (Å²) in [4.78, 5) is 51.0. The monoisotopic (exact) mass is 765 g/mol.